The van der Waals surface area contributed by atoms with Crippen LogP contribution < -0.4 is 5.73 Å². The topological polar surface area (TPSA) is 63.3 Å². The molecule has 0 aromatic heterocycles. The van der Waals surface area contributed by atoms with E-state index in [0.29, 0.717) is 23.4 Å². The van der Waals surface area contributed by atoms with Crippen molar-refractivity contribution >= 4 is 17.4 Å². The number of hydrogen-bond acceptors (Lipinski definition) is 3. The number of carbonyl (C=O) groups is 1. The fourth-order valence-electron chi connectivity index (χ4n) is 2.01. The van der Waals surface area contributed by atoms with Gasteiger partial charge in [0.05, 0.1) is 6.10 Å². The Balaban J connectivity index is 2.54. The summed E-state index contributed by atoms with van der Waals surface area (Å²) in [6.07, 6.45) is -0.131. The van der Waals surface area contributed by atoms with E-state index in [1.807, 2.05) is 0 Å². The highest BCUT2D eigenvalue weighted by atomic mass is 35.5. The van der Waals surface area contributed by atoms with Gasteiger partial charge in [-0.1, -0.05) is 29.8 Å². The van der Waals surface area contributed by atoms with Gasteiger partial charge in [0, 0.05) is 17.0 Å². The molecule has 1 aromatic rings. The van der Waals surface area contributed by atoms with Crippen LogP contribution in [0.25, 0.3) is 0 Å². The number of Topliss-reactive ketones (excluding diaryl/α,β-unsaturated/α-hetero) is 1. The SMILES string of the molecule is N[C@]1(c2ccccc2Cl)C(=O)CC[C@H]1O. The average Bonchev–Trinajstić information content (AvgIpc) is 2.48. The minimum absolute atomic E-state index is 0.150. The standard InChI is InChI=1S/C11H12ClNO2/c12-8-4-2-1-3-7(8)11(13)9(14)5-6-10(11)15/h1-4,9,14H,5-6,13H2/t9-,11+/m1/s1. The first-order valence-corrected chi connectivity index (χ1v) is 5.20. The first-order chi connectivity index (χ1) is 7.06. The lowest BCUT2D eigenvalue weighted by Gasteiger charge is -2.27. The van der Waals surface area contributed by atoms with Crippen molar-refractivity contribution in [2.45, 2.75) is 24.5 Å². The summed E-state index contributed by atoms with van der Waals surface area (Å²) in [6.45, 7) is 0. The Morgan fingerprint density at radius 3 is 2.67 bits per heavy atom. The maximum Gasteiger partial charge on any atom is 0.160 e. The molecule has 1 aromatic carbocycles. The molecule has 15 heavy (non-hydrogen) atoms. The number of halogens is 1. The molecular weight excluding hydrogens is 214 g/mol. The maximum absolute atomic E-state index is 11.7. The van der Waals surface area contributed by atoms with Crippen molar-refractivity contribution in [3.8, 4) is 0 Å². The second-order valence-electron chi connectivity index (χ2n) is 3.83. The van der Waals surface area contributed by atoms with Gasteiger partial charge in [0.25, 0.3) is 0 Å². The molecule has 1 fully saturated rings. The Labute approximate surface area is 92.8 Å². The van der Waals surface area contributed by atoms with Crippen LogP contribution in [-0.4, -0.2) is 17.0 Å². The van der Waals surface area contributed by atoms with Gasteiger partial charge in [-0.05, 0) is 12.5 Å². The molecule has 0 radical (unpaired) electrons. The Kier molecular flexibility index (Phi) is 2.54. The van der Waals surface area contributed by atoms with E-state index in [9.17, 15) is 9.90 Å². The zero-order chi connectivity index (χ0) is 11.1. The van der Waals surface area contributed by atoms with Crippen molar-refractivity contribution in [3.05, 3.63) is 34.9 Å². The molecule has 1 aliphatic carbocycles. The summed E-state index contributed by atoms with van der Waals surface area (Å²) in [6, 6.07) is 6.88. The Morgan fingerprint density at radius 1 is 1.47 bits per heavy atom. The van der Waals surface area contributed by atoms with Crippen molar-refractivity contribution in [1.29, 1.82) is 0 Å². The molecule has 0 spiro atoms. The molecule has 2 atom stereocenters. The first kappa shape index (κ1) is 10.6. The van der Waals surface area contributed by atoms with E-state index in [-0.39, 0.29) is 5.78 Å². The molecule has 80 valence electrons. The third kappa shape index (κ3) is 1.47. The monoisotopic (exact) mass is 225 g/mol. The molecular formula is C11H12ClNO2. The zero-order valence-electron chi connectivity index (χ0n) is 8.11. The molecule has 3 N–H and O–H groups in total. The van der Waals surface area contributed by atoms with Gasteiger partial charge in [0.1, 0.15) is 5.54 Å². The highest BCUT2D eigenvalue weighted by molar-refractivity contribution is 6.31. The van der Waals surface area contributed by atoms with Crippen LogP contribution in [-0.2, 0) is 10.3 Å². The Morgan fingerprint density at radius 2 is 2.13 bits per heavy atom. The first-order valence-electron chi connectivity index (χ1n) is 4.82. The zero-order valence-corrected chi connectivity index (χ0v) is 8.87. The number of carbonyl (C=O) groups excluding carboxylic acids is 1. The van der Waals surface area contributed by atoms with Crippen molar-refractivity contribution in [2.75, 3.05) is 0 Å². The minimum atomic E-state index is -1.32. The van der Waals surface area contributed by atoms with E-state index in [1.54, 1.807) is 24.3 Å². The van der Waals surface area contributed by atoms with Crippen LogP contribution in [0.2, 0.25) is 5.02 Å². The second kappa shape index (κ2) is 3.59. The summed E-state index contributed by atoms with van der Waals surface area (Å²) < 4.78 is 0. The molecule has 0 unspecified atom stereocenters. The molecule has 1 saturated carbocycles. The van der Waals surface area contributed by atoms with Gasteiger partial charge in [-0.2, -0.15) is 0 Å². The number of benzene rings is 1. The molecule has 0 bridgehead atoms. The third-order valence-electron chi connectivity index (χ3n) is 2.95. The average molecular weight is 226 g/mol. The van der Waals surface area contributed by atoms with E-state index in [2.05, 4.69) is 0 Å². The summed E-state index contributed by atoms with van der Waals surface area (Å²) in [7, 11) is 0. The molecule has 4 heteroatoms. The molecule has 0 saturated heterocycles. The van der Waals surface area contributed by atoms with Crippen LogP contribution in [0.5, 0.6) is 0 Å². The van der Waals surface area contributed by atoms with Crippen LogP contribution in [0, 0.1) is 0 Å². The van der Waals surface area contributed by atoms with Crippen molar-refractivity contribution < 1.29 is 9.90 Å². The van der Waals surface area contributed by atoms with Gasteiger partial charge >= 0.3 is 0 Å². The lowest BCUT2D eigenvalue weighted by Crippen LogP contribution is -2.49. The fraction of sp³-hybridized carbons (Fsp3) is 0.364. The fourth-order valence-corrected chi connectivity index (χ4v) is 2.31. The van der Waals surface area contributed by atoms with E-state index in [0.717, 1.165) is 0 Å². The van der Waals surface area contributed by atoms with Crippen LogP contribution in [0.1, 0.15) is 18.4 Å². The molecule has 0 aliphatic heterocycles. The molecule has 0 heterocycles. The molecule has 3 nitrogen and oxygen atoms in total. The van der Waals surface area contributed by atoms with Gasteiger partial charge < -0.3 is 10.8 Å². The van der Waals surface area contributed by atoms with Gasteiger partial charge in [-0.15, -0.1) is 0 Å². The number of rotatable bonds is 1. The van der Waals surface area contributed by atoms with E-state index >= 15 is 0 Å². The summed E-state index contributed by atoms with van der Waals surface area (Å²) >= 11 is 5.98. The van der Waals surface area contributed by atoms with Gasteiger partial charge in [0.15, 0.2) is 5.78 Å². The quantitative estimate of drug-likeness (QED) is 0.756. The van der Waals surface area contributed by atoms with E-state index in [1.165, 1.54) is 0 Å². The number of ketones is 1. The largest absolute Gasteiger partial charge is 0.390 e. The van der Waals surface area contributed by atoms with Crippen molar-refractivity contribution in [3.63, 3.8) is 0 Å². The predicted octanol–water partition coefficient (Wildman–Crippen LogP) is 1.22. The normalized spacial score (nSPS) is 30.9. The smallest absolute Gasteiger partial charge is 0.160 e. The number of nitrogens with two attached hydrogens (primary N) is 1. The Bertz CT molecular complexity index is 407. The predicted molar refractivity (Wildman–Crippen MR) is 57.6 cm³/mol. The van der Waals surface area contributed by atoms with Crippen LogP contribution in [0.15, 0.2) is 24.3 Å². The lowest BCUT2D eigenvalue weighted by atomic mass is 9.86. The highest BCUT2D eigenvalue weighted by Crippen LogP contribution is 2.37. The molecule has 0 amide bonds. The van der Waals surface area contributed by atoms with Crippen molar-refractivity contribution in [1.82, 2.24) is 0 Å². The van der Waals surface area contributed by atoms with Crippen LogP contribution in [0.3, 0.4) is 0 Å². The summed E-state index contributed by atoms with van der Waals surface area (Å²) in [5.41, 5.74) is 5.18. The Hall–Kier alpha value is -0.900. The number of aliphatic hydroxyl groups is 1. The summed E-state index contributed by atoms with van der Waals surface area (Å²) in [5.74, 6) is -0.150. The van der Waals surface area contributed by atoms with Gasteiger partial charge in [-0.3, -0.25) is 4.79 Å². The third-order valence-corrected chi connectivity index (χ3v) is 3.28. The highest BCUT2D eigenvalue weighted by Gasteiger charge is 2.48. The van der Waals surface area contributed by atoms with Gasteiger partial charge in [0.2, 0.25) is 0 Å². The van der Waals surface area contributed by atoms with Crippen molar-refractivity contribution in [2.24, 2.45) is 5.73 Å². The van der Waals surface area contributed by atoms with E-state index in [4.69, 9.17) is 17.3 Å². The number of aliphatic hydroxyl groups excluding tert-OH is 1. The summed E-state index contributed by atoms with van der Waals surface area (Å²) in [5, 5.41) is 10.2. The van der Waals surface area contributed by atoms with E-state index < -0.39 is 11.6 Å². The number of hydrogen-bond donors (Lipinski definition) is 2. The maximum atomic E-state index is 11.7. The van der Waals surface area contributed by atoms with Crippen LogP contribution >= 0.6 is 11.6 Å². The molecule has 2 rings (SSSR count). The van der Waals surface area contributed by atoms with Crippen LogP contribution in [0.4, 0.5) is 0 Å². The summed E-state index contributed by atoms with van der Waals surface area (Å²) in [4.78, 5) is 11.7. The van der Waals surface area contributed by atoms with Gasteiger partial charge in [-0.25, -0.2) is 0 Å². The molecule has 1 aliphatic rings. The lowest BCUT2D eigenvalue weighted by molar-refractivity contribution is -0.123. The minimum Gasteiger partial charge on any atom is -0.390 e. The second-order valence-corrected chi connectivity index (χ2v) is 4.23.